The van der Waals surface area contributed by atoms with Crippen LogP contribution in [0.2, 0.25) is 0 Å². The SMILES string of the molecule is [Ni+2].c1ccc(P(CCP(c2ccccc2)c2ccccc2)c2ccccc2)cc1. The van der Waals surface area contributed by atoms with Crippen molar-refractivity contribution in [2.24, 2.45) is 0 Å². The van der Waals surface area contributed by atoms with Crippen LogP contribution in [0.15, 0.2) is 121 Å². The molecule has 0 radical (unpaired) electrons. The summed E-state index contributed by atoms with van der Waals surface area (Å²) >= 11 is 0. The van der Waals surface area contributed by atoms with Crippen molar-refractivity contribution in [3.8, 4) is 0 Å². The fourth-order valence-electron chi connectivity index (χ4n) is 3.45. The fourth-order valence-corrected chi connectivity index (χ4v) is 8.80. The van der Waals surface area contributed by atoms with Crippen molar-refractivity contribution in [1.82, 2.24) is 0 Å². The molecule has 4 rings (SSSR count). The van der Waals surface area contributed by atoms with Gasteiger partial charge in [-0.15, -0.1) is 0 Å². The normalized spacial score (nSPS) is 10.7. The van der Waals surface area contributed by atoms with E-state index in [2.05, 4.69) is 121 Å². The molecular formula is C26H24NiP2+2. The first-order chi connectivity index (χ1) is 13.9. The van der Waals surface area contributed by atoms with Crippen LogP contribution in [0, 0.1) is 0 Å². The average molecular weight is 457 g/mol. The number of rotatable bonds is 7. The van der Waals surface area contributed by atoms with Gasteiger partial charge in [0.1, 0.15) is 0 Å². The summed E-state index contributed by atoms with van der Waals surface area (Å²) in [4.78, 5) is 0. The van der Waals surface area contributed by atoms with E-state index >= 15 is 0 Å². The molecule has 146 valence electrons. The van der Waals surface area contributed by atoms with Gasteiger partial charge in [0, 0.05) is 0 Å². The van der Waals surface area contributed by atoms with Crippen LogP contribution in [0.3, 0.4) is 0 Å². The number of hydrogen-bond acceptors (Lipinski definition) is 0. The summed E-state index contributed by atoms with van der Waals surface area (Å²) in [6.45, 7) is 0. The predicted molar refractivity (Wildman–Crippen MR) is 128 cm³/mol. The molecule has 0 N–H and O–H groups in total. The van der Waals surface area contributed by atoms with Crippen LogP contribution in [-0.2, 0) is 16.5 Å². The smallest absolute Gasteiger partial charge is 0.0622 e. The molecule has 29 heavy (non-hydrogen) atoms. The first kappa shape index (κ1) is 21.9. The minimum atomic E-state index is -0.348. The summed E-state index contributed by atoms with van der Waals surface area (Å²) in [7, 11) is -0.696. The molecule has 3 heteroatoms. The Morgan fingerprint density at radius 2 is 0.552 bits per heavy atom. The van der Waals surface area contributed by atoms with E-state index in [1.807, 2.05) is 0 Å². The molecule has 0 aromatic heterocycles. The van der Waals surface area contributed by atoms with E-state index in [0.717, 1.165) is 0 Å². The minimum absolute atomic E-state index is 0. The number of hydrogen-bond donors (Lipinski definition) is 0. The molecule has 0 spiro atoms. The van der Waals surface area contributed by atoms with Gasteiger partial charge in [0.05, 0.1) is 0 Å². The maximum absolute atomic E-state index is 2.30. The molecule has 0 amide bonds. The van der Waals surface area contributed by atoms with Crippen LogP contribution in [0.5, 0.6) is 0 Å². The molecule has 0 heterocycles. The molecule has 0 atom stereocenters. The second kappa shape index (κ2) is 11.4. The van der Waals surface area contributed by atoms with Crippen molar-refractivity contribution in [2.75, 3.05) is 12.3 Å². The molecule has 0 aliphatic rings. The monoisotopic (exact) mass is 456 g/mol. The predicted octanol–water partition coefficient (Wildman–Crippen LogP) is 5.25. The Hall–Kier alpha value is -1.77. The maximum atomic E-state index is 2.30. The third kappa shape index (κ3) is 5.87. The summed E-state index contributed by atoms with van der Waals surface area (Å²) in [5.74, 6) is 0. The van der Waals surface area contributed by atoms with E-state index in [9.17, 15) is 0 Å². The first-order valence-corrected chi connectivity index (χ1v) is 12.7. The molecule has 0 aliphatic carbocycles. The second-order valence-electron chi connectivity index (χ2n) is 6.65. The summed E-state index contributed by atoms with van der Waals surface area (Å²) in [5, 5.41) is 5.89. The zero-order chi connectivity index (χ0) is 19.0. The van der Waals surface area contributed by atoms with Gasteiger partial charge in [0.15, 0.2) is 0 Å². The average Bonchev–Trinajstić information content (AvgIpc) is 2.79. The summed E-state index contributed by atoms with van der Waals surface area (Å²) in [6, 6.07) is 44.2. The summed E-state index contributed by atoms with van der Waals surface area (Å²) < 4.78 is 0. The van der Waals surface area contributed by atoms with E-state index in [4.69, 9.17) is 0 Å². The molecule has 4 aromatic rings. The maximum Gasteiger partial charge on any atom is 2.00 e. The Morgan fingerprint density at radius 3 is 0.759 bits per heavy atom. The molecule has 0 saturated heterocycles. The van der Waals surface area contributed by atoms with Gasteiger partial charge in [-0.05, 0) is 49.4 Å². The standard InChI is InChI=1S/C26H24P2.Ni/c1-5-13-23(14-6-1)27(24-15-7-2-8-16-24)21-22-28(25-17-9-3-10-18-25)26-19-11-4-12-20-26;/h1-20H,21-22H2;/q;+2. The molecule has 4 aromatic carbocycles. The molecule has 0 saturated carbocycles. The van der Waals surface area contributed by atoms with Gasteiger partial charge in [-0.2, -0.15) is 0 Å². The zero-order valence-electron chi connectivity index (χ0n) is 16.2. The molecule has 0 aliphatic heterocycles. The first-order valence-electron chi connectivity index (χ1n) is 9.67. The van der Waals surface area contributed by atoms with Gasteiger partial charge in [-0.25, -0.2) is 0 Å². The zero-order valence-corrected chi connectivity index (χ0v) is 18.9. The van der Waals surface area contributed by atoms with E-state index < -0.39 is 0 Å². The molecule has 0 unspecified atom stereocenters. The van der Waals surface area contributed by atoms with E-state index in [-0.39, 0.29) is 32.3 Å². The van der Waals surface area contributed by atoms with Crippen LogP contribution in [-0.4, -0.2) is 12.3 Å². The Balaban J connectivity index is 0.00000240. The number of benzene rings is 4. The largest absolute Gasteiger partial charge is 2.00 e. The second-order valence-corrected chi connectivity index (χ2v) is 11.3. The molecule has 0 fully saturated rings. The van der Waals surface area contributed by atoms with E-state index in [1.54, 1.807) is 0 Å². The quantitative estimate of drug-likeness (QED) is 0.263. The Morgan fingerprint density at radius 1 is 0.345 bits per heavy atom. The minimum Gasteiger partial charge on any atom is -0.0622 e. The molecule has 0 nitrogen and oxygen atoms in total. The third-order valence-corrected chi connectivity index (χ3v) is 10.2. The van der Waals surface area contributed by atoms with Crippen LogP contribution in [0.4, 0.5) is 0 Å². The van der Waals surface area contributed by atoms with Crippen LogP contribution >= 0.6 is 15.8 Å². The van der Waals surface area contributed by atoms with Gasteiger partial charge in [-0.1, -0.05) is 121 Å². The third-order valence-electron chi connectivity index (χ3n) is 4.82. The van der Waals surface area contributed by atoms with Crippen molar-refractivity contribution < 1.29 is 16.5 Å². The Bertz CT molecular complexity index is 798. The van der Waals surface area contributed by atoms with Crippen LogP contribution in [0.1, 0.15) is 0 Å². The van der Waals surface area contributed by atoms with Crippen LogP contribution < -0.4 is 21.2 Å². The van der Waals surface area contributed by atoms with Crippen molar-refractivity contribution in [1.29, 1.82) is 0 Å². The fraction of sp³-hybridized carbons (Fsp3) is 0.0769. The van der Waals surface area contributed by atoms with Gasteiger partial charge in [0.25, 0.3) is 0 Å². The summed E-state index contributed by atoms with van der Waals surface area (Å²) in [5.41, 5.74) is 0. The Labute approximate surface area is 186 Å². The summed E-state index contributed by atoms with van der Waals surface area (Å²) in [6.07, 6.45) is 2.41. The van der Waals surface area contributed by atoms with E-state index in [0.29, 0.717) is 0 Å². The van der Waals surface area contributed by atoms with Crippen molar-refractivity contribution in [3.63, 3.8) is 0 Å². The molecule has 0 bridgehead atoms. The molecular weight excluding hydrogens is 433 g/mol. The van der Waals surface area contributed by atoms with E-state index in [1.165, 1.54) is 33.5 Å². The van der Waals surface area contributed by atoms with Gasteiger partial charge < -0.3 is 0 Å². The Kier molecular flexibility index (Phi) is 8.64. The van der Waals surface area contributed by atoms with Crippen molar-refractivity contribution in [2.45, 2.75) is 0 Å². The van der Waals surface area contributed by atoms with Crippen molar-refractivity contribution in [3.05, 3.63) is 121 Å². The topological polar surface area (TPSA) is 0 Å². The van der Waals surface area contributed by atoms with Crippen molar-refractivity contribution >= 4 is 37.1 Å². The van der Waals surface area contributed by atoms with Gasteiger partial charge >= 0.3 is 16.5 Å². The van der Waals surface area contributed by atoms with Gasteiger partial charge in [0.2, 0.25) is 0 Å². The van der Waals surface area contributed by atoms with Gasteiger partial charge in [-0.3, -0.25) is 0 Å². The van der Waals surface area contributed by atoms with Crippen LogP contribution in [0.25, 0.3) is 0 Å².